The van der Waals surface area contributed by atoms with Crippen LogP contribution < -0.4 is 5.73 Å². The van der Waals surface area contributed by atoms with Crippen LogP contribution in [0.1, 0.15) is 50.6 Å². The number of benzene rings is 1. The molecule has 2 rings (SSSR count). The molecule has 1 aromatic rings. The molecule has 20 heavy (non-hydrogen) atoms. The topological polar surface area (TPSA) is 29.3 Å². The molecule has 1 aliphatic rings. The van der Waals surface area contributed by atoms with Crippen LogP contribution in [-0.4, -0.2) is 24.0 Å². The van der Waals surface area contributed by atoms with Crippen molar-refractivity contribution >= 4 is 0 Å². The van der Waals surface area contributed by atoms with Gasteiger partial charge in [0.25, 0.3) is 0 Å². The van der Waals surface area contributed by atoms with Gasteiger partial charge >= 0.3 is 0 Å². The van der Waals surface area contributed by atoms with Crippen molar-refractivity contribution in [3.63, 3.8) is 0 Å². The van der Waals surface area contributed by atoms with Crippen molar-refractivity contribution in [2.45, 2.75) is 51.1 Å². The largest absolute Gasteiger partial charge is 0.324 e. The number of hydrogen-bond donors (Lipinski definition) is 1. The van der Waals surface area contributed by atoms with Crippen molar-refractivity contribution in [2.24, 2.45) is 5.73 Å². The number of nitrogens with two attached hydrogens (primary N) is 1. The van der Waals surface area contributed by atoms with Crippen LogP contribution in [0.2, 0.25) is 0 Å². The summed E-state index contributed by atoms with van der Waals surface area (Å²) in [5.41, 5.74) is 6.62. The van der Waals surface area contributed by atoms with Crippen LogP contribution in [0.15, 0.2) is 18.2 Å². The number of nitrogens with zero attached hydrogens (tertiary/aromatic N) is 1. The average molecular weight is 282 g/mol. The third-order valence-electron chi connectivity index (χ3n) is 4.23. The van der Waals surface area contributed by atoms with E-state index < -0.39 is 11.6 Å². The molecule has 1 heterocycles. The normalized spacial score (nSPS) is 22.5. The van der Waals surface area contributed by atoms with Gasteiger partial charge in [-0.1, -0.05) is 12.8 Å². The fourth-order valence-corrected chi connectivity index (χ4v) is 2.93. The zero-order chi connectivity index (χ0) is 14.5. The Balaban J connectivity index is 1.92. The fourth-order valence-electron chi connectivity index (χ4n) is 2.93. The van der Waals surface area contributed by atoms with Crippen LogP contribution in [-0.2, 0) is 0 Å². The Bertz CT molecular complexity index is 416. The molecule has 2 unspecified atom stereocenters. The third kappa shape index (κ3) is 4.25. The van der Waals surface area contributed by atoms with Gasteiger partial charge in [0.1, 0.15) is 11.6 Å². The van der Waals surface area contributed by atoms with E-state index in [0.717, 1.165) is 25.6 Å². The van der Waals surface area contributed by atoms with Gasteiger partial charge in [-0.15, -0.1) is 0 Å². The van der Waals surface area contributed by atoms with E-state index in [1.54, 1.807) is 0 Å². The van der Waals surface area contributed by atoms with Crippen molar-refractivity contribution in [3.8, 4) is 0 Å². The molecule has 2 N–H and O–H groups in total. The van der Waals surface area contributed by atoms with E-state index in [4.69, 9.17) is 5.73 Å². The first-order valence-electron chi connectivity index (χ1n) is 7.52. The number of halogens is 2. The van der Waals surface area contributed by atoms with Gasteiger partial charge in [0.15, 0.2) is 0 Å². The van der Waals surface area contributed by atoms with Gasteiger partial charge in [-0.3, -0.25) is 0 Å². The molecule has 1 saturated heterocycles. The predicted molar refractivity (Wildman–Crippen MR) is 77.4 cm³/mol. The Morgan fingerprint density at radius 1 is 1.20 bits per heavy atom. The standard InChI is InChI=1S/C16H24F2N2/c1-12-5-3-2-4-7-20(12)8-6-16(19)13-9-14(17)11-15(18)10-13/h9-12,16H,2-8,19H2,1H3. The van der Waals surface area contributed by atoms with Crippen molar-refractivity contribution in [1.82, 2.24) is 4.90 Å². The first-order valence-corrected chi connectivity index (χ1v) is 7.52. The highest BCUT2D eigenvalue weighted by molar-refractivity contribution is 5.21. The Kier molecular flexibility index (Phi) is 5.49. The van der Waals surface area contributed by atoms with Gasteiger partial charge in [0.2, 0.25) is 0 Å². The minimum absolute atomic E-state index is 0.310. The van der Waals surface area contributed by atoms with Crippen LogP contribution in [0, 0.1) is 11.6 Å². The van der Waals surface area contributed by atoms with Gasteiger partial charge in [-0.05, 0) is 50.4 Å². The molecule has 2 atom stereocenters. The van der Waals surface area contributed by atoms with E-state index in [1.165, 1.54) is 37.8 Å². The van der Waals surface area contributed by atoms with Crippen LogP contribution >= 0.6 is 0 Å². The molecule has 1 fully saturated rings. The molecule has 4 heteroatoms. The van der Waals surface area contributed by atoms with Crippen molar-refractivity contribution < 1.29 is 8.78 Å². The van der Waals surface area contributed by atoms with E-state index in [2.05, 4.69) is 11.8 Å². The summed E-state index contributed by atoms with van der Waals surface area (Å²) in [4.78, 5) is 2.45. The number of likely N-dealkylation sites (tertiary alicyclic amines) is 1. The summed E-state index contributed by atoms with van der Waals surface area (Å²) in [5.74, 6) is -1.11. The van der Waals surface area contributed by atoms with Gasteiger partial charge in [0, 0.05) is 24.7 Å². The molecule has 0 bridgehead atoms. The molecule has 0 amide bonds. The molecule has 112 valence electrons. The molecule has 0 spiro atoms. The highest BCUT2D eigenvalue weighted by Crippen LogP contribution is 2.21. The summed E-state index contributed by atoms with van der Waals surface area (Å²) in [7, 11) is 0. The van der Waals surface area contributed by atoms with E-state index in [1.807, 2.05) is 0 Å². The summed E-state index contributed by atoms with van der Waals surface area (Å²) in [6.07, 6.45) is 5.77. The Morgan fingerprint density at radius 2 is 1.90 bits per heavy atom. The van der Waals surface area contributed by atoms with Crippen LogP contribution in [0.25, 0.3) is 0 Å². The lowest BCUT2D eigenvalue weighted by Gasteiger charge is -2.28. The molecular weight excluding hydrogens is 258 g/mol. The first-order chi connectivity index (χ1) is 9.56. The Hall–Kier alpha value is -1.00. The van der Waals surface area contributed by atoms with E-state index in [-0.39, 0.29) is 6.04 Å². The number of rotatable bonds is 4. The second-order valence-electron chi connectivity index (χ2n) is 5.83. The van der Waals surface area contributed by atoms with Crippen LogP contribution in [0.5, 0.6) is 0 Å². The summed E-state index contributed by atoms with van der Waals surface area (Å²) in [6.45, 7) is 4.24. The Labute approximate surface area is 120 Å². The monoisotopic (exact) mass is 282 g/mol. The fraction of sp³-hybridized carbons (Fsp3) is 0.625. The second kappa shape index (κ2) is 7.14. The van der Waals surface area contributed by atoms with Crippen molar-refractivity contribution in [3.05, 3.63) is 35.4 Å². The lowest BCUT2D eigenvalue weighted by atomic mass is 10.0. The zero-order valence-corrected chi connectivity index (χ0v) is 12.1. The quantitative estimate of drug-likeness (QED) is 0.914. The second-order valence-corrected chi connectivity index (χ2v) is 5.83. The van der Waals surface area contributed by atoms with Crippen molar-refractivity contribution in [1.29, 1.82) is 0 Å². The highest BCUT2D eigenvalue weighted by Gasteiger charge is 2.18. The highest BCUT2D eigenvalue weighted by atomic mass is 19.1. The van der Waals surface area contributed by atoms with Crippen molar-refractivity contribution in [2.75, 3.05) is 13.1 Å². The lowest BCUT2D eigenvalue weighted by molar-refractivity contribution is 0.206. The molecule has 2 nitrogen and oxygen atoms in total. The van der Waals surface area contributed by atoms with E-state index >= 15 is 0 Å². The van der Waals surface area contributed by atoms with Crippen LogP contribution in [0.4, 0.5) is 8.78 Å². The summed E-state index contributed by atoms with van der Waals surface area (Å²) in [5, 5.41) is 0. The van der Waals surface area contributed by atoms with Gasteiger partial charge in [0.05, 0.1) is 0 Å². The average Bonchev–Trinajstić information content (AvgIpc) is 2.59. The molecule has 0 saturated carbocycles. The molecule has 0 aliphatic carbocycles. The third-order valence-corrected chi connectivity index (χ3v) is 4.23. The SMILES string of the molecule is CC1CCCCCN1CCC(N)c1cc(F)cc(F)c1. The van der Waals surface area contributed by atoms with Gasteiger partial charge in [-0.25, -0.2) is 8.78 Å². The summed E-state index contributed by atoms with van der Waals surface area (Å²) < 4.78 is 26.4. The molecular formula is C16H24F2N2. The van der Waals surface area contributed by atoms with E-state index in [9.17, 15) is 8.78 Å². The maximum absolute atomic E-state index is 13.2. The Morgan fingerprint density at radius 3 is 2.60 bits per heavy atom. The maximum atomic E-state index is 13.2. The molecule has 1 aliphatic heterocycles. The summed E-state index contributed by atoms with van der Waals surface area (Å²) in [6, 6.07) is 3.82. The molecule has 0 aromatic heterocycles. The first kappa shape index (κ1) is 15.4. The van der Waals surface area contributed by atoms with Crippen LogP contribution in [0.3, 0.4) is 0 Å². The molecule has 0 radical (unpaired) electrons. The minimum atomic E-state index is -0.557. The number of hydrogen-bond acceptors (Lipinski definition) is 2. The predicted octanol–water partition coefficient (Wildman–Crippen LogP) is 3.62. The van der Waals surface area contributed by atoms with Gasteiger partial charge < -0.3 is 10.6 Å². The van der Waals surface area contributed by atoms with E-state index in [0.29, 0.717) is 11.6 Å². The summed E-state index contributed by atoms with van der Waals surface area (Å²) >= 11 is 0. The lowest BCUT2D eigenvalue weighted by Crippen LogP contribution is -2.34. The van der Waals surface area contributed by atoms with Gasteiger partial charge in [-0.2, -0.15) is 0 Å². The minimum Gasteiger partial charge on any atom is -0.324 e. The zero-order valence-electron chi connectivity index (χ0n) is 12.1. The maximum Gasteiger partial charge on any atom is 0.126 e. The molecule has 1 aromatic carbocycles. The smallest absolute Gasteiger partial charge is 0.126 e.